The van der Waals surface area contributed by atoms with E-state index in [0.29, 0.717) is 25.0 Å². The number of nitrogens with one attached hydrogen (secondary N) is 1. The number of aromatic nitrogens is 1. The van der Waals surface area contributed by atoms with E-state index in [1.165, 1.54) is 7.11 Å². The Labute approximate surface area is 234 Å². The zero-order chi connectivity index (χ0) is 28.5. The van der Waals surface area contributed by atoms with E-state index in [4.69, 9.17) is 14.2 Å². The third-order valence-electron chi connectivity index (χ3n) is 7.80. The van der Waals surface area contributed by atoms with Gasteiger partial charge in [-0.1, -0.05) is 36.4 Å². The smallest absolute Gasteiger partial charge is 0.268 e. The number of hydrogen-bond donors (Lipinski definition) is 1. The first-order valence-corrected chi connectivity index (χ1v) is 14.4. The largest absolute Gasteiger partial charge is 0.495 e. The Morgan fingerprint density at radius 1 is 1.00 bits per heavy atom. The van der Waals surface area contributed by atoms with Gasteiger partial charge in [-0.3, -0.25) is 9.78 Å². The van der Waals surface area contributed by atoms with E-state index >= 15 is 0 Å². The predicted molar refractivity (Wildman–Crippen MR) is 153 cm³/mol. The Kier molecular flexibility index (Phi) is 7.63. The van der Waals surface area contributed by atoms with E-state index < -0.39 is 15.9 Å². The normalized spacial score (nSPS) is 18.8. The molecule has 40 heavy (non-hydrogen) atoms. The molecule has 0 saturated heterocycles. The molecule has 1 aromatic heterocycles. The first kappa shape index (κ1) is 27.8. The molecular weight excluding hydrogens is 528 g/mol. The highest BCUT2D eigenvalue weighted by Crippen LogP contribution is 2.46. The summed E-state index contributed by atoms with van der Waals surface area (Å²) in [5.41, 5.74) is 3.09. The molecule has 0 spiro atoms. The fraction of sp³-hybridized carbons (Fsp3) is 0.290. The molecular formula is C31H32N2O6S. The number of fused-ring (bicyclic) bond motifs is 1. The molecule has 4 aromatic rings. The molecule has 5 rings (SSSR count). The first-order chi connectivity index (χ1) is 19.2. The summed E-state index contributed by atoms with van der Waals surface area (Å²) in [7, 11) is 0.403. The van der Waals surface area contributed by atoms with Crippen molar-refractivity contribution < 1.29 is 27.4 Å². The number of methoxy groups -OCH3 is 3. The van der Waals surface area contributed by atoms with Crippen molar-refractivity contribution in [1.29, 1.82) is 0 Å². The van der Waals surface area contributed by atoms with Crippen LogP contribution in [0, 0.1) is 6.92 Å². The van der Waals surface area contributed by atoms with Crippen LogP contribution in [-0.2, 0) is 24.9 Å². The van der Waals surface area contributed by atoms with Crippen molar-refractivity contribution >= 4 is 26.7 Å². The molecule has 1 saturated carbocycles. The Hall–Kier alpha value is -3.79. The molecule has 0 bridgehead atoms. The minimum Gasteiger partial charge on any atom is -0.495 e. The molecule has 1 N–H and O–H groups in total. The number of hydrogen-bond acceptors (Lipinski definition) is 7. The minimum atomic E-state index is -4.28. The number of ether oxygens (including phenoxy) is 3. The Bertz CT molecular complexity index is 1660. The van der Waals surface area contributed by atoms with Gasteiger partial charge in [-0.15, -0.1) is 0 Å². The predicted octanol–water partition coefficient (Wildman–Crippen LogP) is 5.03. The van der Waals surface area contributed by atoms with Crippen LogP contribution >= 0.6 is 0 Å². The summed E-state index contributed by atoms with van der Waals surface area (Å²) >= 11 is 0. The molecule has 0 atom stereocenters. The van der Waals surface area contributed by atoms with Crippen LogP contribution in [0.2, 0.25) is 0 Å². The molecule has 0 unspecified atom stereocenters. The molecule has 8 nitrogen and oxygen atoms in total. The molecule has 0 aliphatic heterocycles. The third-order valence-corrected chi connectivity index (χ3v) is 9.15. The van der Waals surface area contributed by atoms with Gasteiger partial charge in [-0.2, -0.15) is 0 Å². The molecule has 1 heterocycles. The zero-order valence-electron chi connectivity index (χ0n) is 22.9. The van der Waals surface area contributed by atoms with Gasteiger partial charge in [-0.05, 0) is 72.0 Å². The number of rotatable bonds is 9. The van der Waals surface area contributed by atoms with Crippen molar-refractivity contribution in [3.63, 3.8) is 0 Å². The van der Waals surface area contributed by atoms with Gasteiger partial charge in [-0.25, -0.2) is 13.1 Å². The monoisotopic (exact) mass is 560 g/mol. The molecule has 3 aromatic carbocycles. The average Bonchev–Trinajstić information content (AvgIpc) is 2.94. The molecule has 9 heteroatoms. The van der Waals surface area contributed by atoms with Gasteiger partial charge in [0, 0.05) is 37.0 Å². The highest BCUT2D eigenvalue weighted by molar-refractivity contribution is 7.90. The number of pyridine rings is 1. The second-order valence-corrected chi connectivity index (χ2v) is 11.8. The molecule has 208 valence electrons. The van der Waals surface area contributed by atoms with E-state index in [9.17, 15) is 13.2 Å². The molecule has 1 amide bonds. The summed E-state index contributed by atoms with van der Waals surface area (Å²) in [6.07, 6.45) is 3.21. The van der Waals surface area contributed by atoms with Crippen LogP contribution in [0.15, 0.2) is 77.8 Å². The number of sulfonamides is 1. The summed E-state index contributed by atoms with van der Waals surface area (Å²) in [5.74, 6) is -0.570. The molecule has 0 radical (unpaired) electrons. The van der Waals surface area contributed by atoms with Gasteiger partial charge in [0.1, 0.15) is 10.6 Å². The Morgan fingerprint density at radius 3 is 2.48 bits per heavy atom. The van der Waals surface area contributed by atoms with Crippen molar-refractivity contribution in [2.24, 2.45) is 0 Å². The van der Waals surface area contributed by atoms with Crippen LogP contribution in [0.5, 0.6) is 5.75 Å². The van der Waals surface area contributed by atoms with Gasteiger partial charge < -0.3 is 14.2 Å². The maximum atomic E-state index is 13.6. The lowest BCUT2D eigenvalue weighted by atomic mass is 9.63. The number of amides is 1. The van der Waals surface area contributed by atoms with Crippen molar-refractivity contribution in [1.82, 2.24) is 9.71 Å². The summed E-state index contributed by atoms with van der Waals surface area (Å²) in [4.78, 5) is 17.8. The Balaban J connectivity index is 1.48. The van der Waals surface area contributed by atoms with Crippen LogP contribution < -0.4 is 9.46 Å². The van der Waals surface area contributed by atoms with E-state index in [-0.39, 0.29) is 27.7 Å². The second kappa shape index (κ2) is 11.0. The summed E-state index contributed by atoms with van der Waals surface area (Å²) in [6.45, 7) is 2.23. The van der Waals surface area contributed by atoms with Gasteiger partial charge in [0.2, 0.25) is 0 Å². The number of benzene rings is 3. The number of aryl methyl sites for hydroxylation is 1. The van der Waals surface area contributed by atoms with Crippen LogP contribution in [0.25, 0.3) is 22.0 Å². The topological polar surface area (TPSA) is 104 Å². The lowest BCUT2D eigenvalue weighted by Gasteiger charge is -2.47. The second-order valence-electron chi connectivity index (χ2n) is 10.1. The van der Waals surface area contributed by atoms with Crippen molar-refractivity contribution in [3.05, 3.63) is 89.6 Å². The molecule has 1 aliphatic carbocycles. The van der Waals surface area contributed by atoms with E-state index in [1.54, 1.807) is 38.6 Å². The standard InChI is InChI=1S/C31H32N2O6S/c1-20-23-8-7-9-26(27-10-5-6-15-32-27)25(23)13-12-24(20)30(34)33-40(35,36)29-16-21(11-14-28(29)39-4)31(19-37-2)17-22(18-31)38-3/h5-16,22H,17-19H2,1-4H3,(H,33,34). The SMILES string of the molecule is COCC1(c2ccc(OC)c(S(=O)(=O)NC(=O)c3ccc4c(-c5ccccn5)cccc4c3C)c2)CC(OC)C1. The van der Waals surface area contributed by atoms with Crippen LogP contribution in [0.4, 0.5) is 0 Å². The fourth-order valence-corrected chi connectivity index (χ4v) is 6.80. The van der Waals surface area contributed by atoms with Gasteiger partial charge in [0.15, 0.2) is 0 Å². The summed E-state index contributed by atoms with van der Waals surface area (Å²) < 4.78 is 45.8. The van der Waals surface area contributed by atoms with Gasteiger partial charge in [0.25, 0.3) is 15.9 Å². The van der Waals surface area contributed by atoms with E-state index in [0.717, 1.165) is 27.6 Å². The van der Waals surface area contributed by atoms with Crippen LogP contribution in [0.3, 0.4) is 0 Å². The fourth-order valence-electron chi connectivity index (χ4n) is 5.64. The lowest BCUT2D eigenvalue weighted by molar-refractivity contribution is -0.0483. The van der Waals surface area contributed by atoms with Gasteiger partial charge in [0.05, 0.1) is 25.5 Å². The minimum absolute atomic E-state index is 0.0751. The quantitative estimate of drug-likeness (QED) is 0.306. The van der Waals surface area contributed by atoms with Crippen LogP contribution in [0.1, 0.15) is 34.3 Å². The maximum absolute atomic E-state index is 13.6. The third kappa shape index (κ3) is 4.96. The van der Waals surface area contributed by atoms with E-state index in [2.05, 4.69) is 9.71 Å². The highest BCUT2D eigenvalue weighted by Gasteiger charge is 2.46. The Morgan fingerprint density at radius 2 is 1.80 bits per heavy atom. The summed E-state index contributed by atoms with van der Waals surface area (Å²) in [6, 6.07) is 20.0. The first-order valence-electron chi connectivity index (χ1n) is 12.9. The van der Waals surface area contributed by atoms with Crippen molar-refractivity contribution in [3.8, 4) is 17.0 Å². The number of carbonyl (C=O) groups excluding carboxylic acids is 1. The average molecular weight is 561 g/mol. The van der Waals surface area contributed by atoms with E-state index in [1.807, 2.05) is 55.5 Å². The van der Waals surface area contributed by atoms with Crippen molar-refractivity contribution in [2.75, 3.05) is 27.9 Å². The maximum Gasteiger partial charge on any atom is 0.268 e. The number of nitrogens with zero attached hydrogens (tertiary/aromatic N) is 1. The van der Waals surface area contributed by atoms with Gasteiger partial charge >= 0.3 is 0 Å². The number of carbonyl (C=O) groups is 1. The zero-order valence-corrected chi connectivity index (χ0v) is 23.7. The molecule has 1 aliphatic rings. The lowest BCUT2D eigenvalue weighted by Crippen LogP contribution is -2.48. The van der Waals surface area contributed by atoms with Crippen LogP contribution in [-0.4, -0.2) is 53.3 Å². The van der Waals surface area contributed by atoms with Crippen molar-refractivity contribution in [2.45, 2.75) is 36.2 Å². The summed E-state index contributed by atoms with van der Waals surface area (Å²) in [5, 5.41) is 1.76. The highest BCUT2D eigenvalue weighted by atomic mass is 32.2. The molecule has 1 fully saturated rings.